The third kappa shape index (κ3) is 2.78. The maximum atomic E-state index is 10.9. The van der Waals surface area contributed by atoms with Crippen LogP contribution in [0.1, 0.15) is 6.92 Å². The molecule has 1 heterocycles. The second kappa shape index (κ2) is 4.52. The van der Waals surface area contributed by atoms with Crippen LogP contribution in [0.4, 0.5) is 0 Å². The maximum absolute atomic E-state index is 10.9. The molecule has 0 radical (unpaired) electrons. The van der Waals surface area contributed by atoms with E-state index in [2.05, 4.69) is 16.8 Å². The molecule has 0 saturated heterocycles. The molecule has 1 rings (SSSR count). The molecule has 4 nitrogen and oxygen atoms in total. The fourth-order valence-corrected chi connectivity index (χ4v) is 1.27. The molecule has 1 aromatic heterocycles. The largest absolute Gasteiger partial charge is 0.324 e. The third-order valence-electron chi connectivity index (χ3n) is 2.24. The molecule has 1 N–H and O–H groups in total. The first-order valence-electron chi connectivity index (χ1n) is 4.47. The standard InChI is InChI=1S/C9H15N3OS/c1-7(11(2)3)6-12-5-4-8(13)10-9(12)14/h4-5,7H,6H2,1-3H3,(H,10,13,14). The number of aromatic nitrogens is 2. The summed E-state index contributed by atoms with van der Waals surface area (Å²) in [5, 5.41) is 0. The molecule has 1 atom stereocenters. The minimum Gasteiger partial charge on any atom is -0.324 e. The smallest absolute Gasteiger partial charge is 0.251 e. The number of nitrogens with one attached hydrogen (secondary N) is 1. The van der Waals surface area contributed by atoms with Crippen molar-refractivity contribution in [3.8, 4) is 0 Å². The summed E-state index contributed by atoms with van der Waals surface area (Å²) < 4.78 is 2.34. The Morgan fingerprint density at radius 3 is 2.79 bits per heavy atom. The molecule has 14 heavy (non-hydrogen) atoms. The Hall–Kier alpha value is -0.940. The fourth-order valence-electron chi connectivity index (χ4n) is 1.04. The first kappa shape index (κ1) is 11.1. The lowest BCUT2D eigenvalue weighted by molar-refractivity contribution is 0.281. The van der Waals surface area contributed by atoms with Gasteiger partial charge in [0.2, 0.25) is 0 Å². The summed E-state index contributed by atoms with van der Waals surface area (Å²) in [5.41, 5.74) is -0.149. The van der Waals surface area contributed by atoms with Crippen LogP contribution in [0.15, 0.2) is 17.1 Å². The van der Waals surface area contributed by atoms with E-state index in [1.165, 1.54) is 6.07 Å². The SMILES string of the molecule is CC(Cn1ccc(=O)[nH]c1=S)N(C)C. The molecule has 1 unspecified atom stereocenters. The van der Waals surface area contributed by atoms with Gasteiger partial charge in [0.05, 0.1) is 0 Å². The van der Waals surface area contributed by atoms with E-state index in [-0.39, 0.29) is 5.56 Å². The van der Waals surface area contributed by atoms with Gasteiger partial charge in [-0.15, -0.1) is 0 Å². The Balaban J connectivity index is 2.88. The Morgan fingerprint density at radius 2 is 2.29 bits per heavy atom. The number of hydrogen-bond donors (Lipinski definition) is 1. The molecule has 0 bridgehead atoms. The number of H-pyrrole nitrogens is 1. The molecule has 0 aliphatic carbocycles. The van der Waals surface area contributed by atoms with Crippen molar-refractivity contribution in [3.63, 3.8) is 0 Å². The number of nitrogens with zero attached hydrogens (tertiary/aromatic N) is 2. The van der Waals surface area contributed by atoms with E-state index in [0.29, 0.717) is 10.8 Å². The van der Waals surface area contributed by atoms with Gasteiger partial charge in [-0.25, -0.2) is 0 Å². The van der Waals surface area contributed by atoms with E-state index in [9.17, 15) is 4.79 Å². The number of rotatable bonds is 3. The normalized spacial score (nSPS) is 13.1. The number of aromatic amines is 1. The Labute approximate surface area is 88.2 Å². The Morgan fingerprint density at radius 1 is 1.64 bits per heavy atom. The summed E-state index contributed by atoms with van der Waals surface area (Å²) in [7, 11) is 4.03. The number of likely N-dealkylation sites (N-methyl/N-ethyl adjacent to an activating group) is 1. The predicted octanol–water partition coefficient (Wildman–Crippen LogP) is 0.856. The molecule has 0 aromatic carbocycles. The zero-order valence-corrected chi connectivity index (χ0v) is 9.47. The van der Waals surface area contributed by atoms with Crippen LogP contribution in [0.2, 0.25) is 0 Å². The van der Waals surface area contributed by atoms with Gasteiger partial charge in [0.15, 0.2) is 4.77 Å². The van der Waals surface area contributed by atoms with Crippen LogP contribution in [-0.4, -0.2) is 34.6 Å². The highest BCUT2D eigenvalue weighted by molar-refractivity contribution is 7.71. The fraction of sp³-hybridized carbons (Fsp3) is 0.556. The molecule has 0 fully saturated rings. The Kier molecular flexibility index (Phi) is 3.60. The van der Waals surface area contributed by atoms with Crippen LogP contribution in [0.25, 0.3) is 0 Å². The topological polar surface area (TPSA) is 41.0 Å². The van der Waals surface area contributed by atoms with Crippen LogP contribution in [-0.2, 0) is 6.54 Å². The molecule has 0 amide bonds. The summed E-state index contributed by atoms with van der Waals surface area (Å²) in [5.74, 6) is 0. The van der Waals surface area contributed by atoms with Gasteiger partial charge < -0.3 is 9.47 Å². The highest BCUT2D eigenvalue weighted by Gasteiger charge is 2.04. The van der Waals surface area contributed by atoms with Crippen molar-refractivity contribution < 1.29 is 0 Å². The second-order valence-corrected chi connectivity index (χ2v) is 3.96. The maximum Gasteiger partial charge on any atom is 0.251 e. The van der Waals surface area contributed by atoms with Crippen LogP contribution < -0.4 is 5.56 Å². The predicted molar refractivity (Wildman–Crippen MR) is 59.0 cm³/mol. The van der Waals surface area contributed by atoms with Gasteiger partial charge in [0, 0.05) is 24.8 Å². The average molecular weight is 213 g/mol. The van der Waals surface area contributed by atoms with Crippen molar-refractivity contribution in [2.75, 3.05) is 14.1 Å². The van der Waals surface area contributed by atoms with Crippen molar-refractivity contribution in [3.05, 3.63) is 27.4 Å². The Bertz CT molecular complexity index is 407. The molecule has 78 valence electrons. The summed E-state index contributed by atoms with van der Waals surface area (Å²) in [6.45, 7) is 2.88. The molecule has 0 aliphatic heterocycles. The minimum absolute atomic E-state index is 0.149. The van der Waals surface area contributed by atoms with Gasteiger partial charge in [-0.2, -0.15) is 0 Å². The van der Waals surface area contributed by atoms with Crippen LogP contribution in [0, 0.1) is 4.77 Å². The first-order chi connectivity index (χ1) is 6.50. The van der Waals surface area contributed by atoms with Gasteiger partial charge in [-0.1, -0.05) is 0 Å². The third-order valence-corrected chi connectivity index (χ3v) is 2.58. The van der Waals surface area contributed by atoms with Gasteiger partial charge in [-0.05, 0) is 33.2 Å². The quantitative estimate of drug-likeness (QED) is 0.757. The lowest BCUT2D eigenvalue weighted by Gasteiger charge is -2.20. The highest BCUT2D eigenvalue weighted by Crippen LogP contribution is 1.97. The summed E-state index contributed by atoms with van der Waals surface area (Å²) >= 11 is 5.03. The van der Waals surface area contributed by atoms with E-state index in [0.717, 1.165) is 6.54 Å². The van der Waals surface area contributed by atoms with E-state index < -0.39 is 0 Å². The van der Waals surface area contributed by atoms with Gasteiger partial charge in [0.1, 0.15) is 0 Å². The molecule has 0 spiro atoms. The summed E-state index contributed by atoms with van der Waals surface area (Å²) in [6.07, 6.45) is 1.72. The van der Waals surface area contributed by atoms with E-state index in [1.807, 2.05) is 18.7 Å². The van der Waals surface area contributed by atoms with Gasteiger partial charge >= 0.3 is 0 Å². The van der Waals surface area contributed by atoms with E-state index in [1.54, 1.807) is 6.20 Å². The molecule has 0 saturated carbocycles. The first-order valence-corrected chi connectivity index (χ1v) is 4.87. The summed E-state index contributed by atoms with van der Waals surface area (Å²) in [4.78, 5) is 15.6. The zero-order chi connectivity index (χ0) is 10.7. The van der Waals surface area contributed by atoms with Crippen molar-refractivity contribution in [1.82, 2.24) is 14.5 Å². The number of hydrogen-bond acceptors (Lipinski definition) is 3. The lowest BCUT2D eigenvalue weighted by atomic mass is 10.3. The molecular formula is C9H15N3OS. The second-order valence-electron chi connectivity index (χ2n) is 3.58. The zero-order valence-electron chi connectivity index (χ0n) is 8.65. The van der Waals surface area contributed by atoms with Crippen molar-refractivity contribution in [2.45, 2.75) is 19.5 Å². The van der Waals surface area contributed by atoms with Crippen molar-refractivity contribution >= 4 is 12.2 Å². The monoisotopic (exact) mass is 213 g/mol. The van der Waals surface area contributed by atoms with E-state index in [4.69, 9.17) is 12.2 Å². The molecule has 1 aromatic rings. The van der Waals surface area contributed by atoms with Crippen LogP contribution in [0.5, 0.6) is 0 Å². The van der Waals surface area contributed by atoms with Crippen LogP contribution in [0.3, 0.4) is 0 Å². The van der Waals surface area contributed by atoms with Crippen molar-refractivity contribution in [1.29, 1.82) is 0 Å². The van der Waals surface area contributed by atoms with Gasteiger partial charge in [0.25, 0.3) is 5.56 Å². The minimum atomic E-state index is -0.149. The molecule has 0 aliphatic rings. The van der Waals surface area contributed by atoms with E-state index >= 15 is 0 Å². The van der Waals surface area contributed by atoms with Crippen LogP contribution >= 0.6 is 12.2 Å². The highest BCUT2D eigenvalue weighted by atomic mass is 32.1. The average Bonchev–Trinajstić information content (AvgIpc) is 2.09. The van der Waals surface area contributed by atoms with Crippen molar-refractivity contribution in [2.24, 2.45) is 0 Å². The lowest BCUT2D eigenvalue weighted by Crippen LogP contribution is -2.30. The summed E-state index contributed by atoms with van der Waals surface area (Å²) in [6, 6.07) is 1.87. The van der Waals surface area contributed by atoms with Gasteiger partial charge in [-0.3, -0.25) is 9.78 Å². The molecule has 5 heteroatoms. The molecular weight excluding hydrogens is 198 g/mol.